The molecule has 3 rings (SSSR count). The highest BCUT2D eigenvalue weighted by Crippen LogP contribution is 2.19. The quantitative estimate of drug-likeness (QED) is 0.730. The Hall–Kier alpha value is -3.34. The van der Waals surface area contributed by atoms with Crippen LogP contribution < -0.4 is 10.1 Å². The number of rotatable bonds is 6. The molecule has 0 aliphatic rings. The van der Waals surface area contributed by atoms with Crippen LogP contribution in [-0.4, -0.2) is 37.4 Å². The average Bonchev–Trinajstić information content (AvgIpc) is 2.68. The standard InChI is InChI=1S/C22H22N2O3/c1-24(15-21(25)23-18-10-12-19(27-2)13-11-18)22(26)14-17-8-5-7-16-6-3-4-9-20(16)17/h3-13H,14-15H2,1-2H3,(H,23,25). The second kappa shape index (κ2) is 8.36. The lowest BCUT2D eigenvalue weighted by Crippen LogP contribution is -2.35. The topological polar surface area (TPSA) is 58.6 Å². The second-order valence-corrected chi connectivity index (χ2v) is 6.34. The van der Waals surface area contributed by atoms with Crippen LogP contribution in [0.3, 0.4) is 0 Å². The Kier molecular flexibility index (Phi) is 5.71. The van der Waals surface area contributed by atoms with Crippen molar-refractivity contribution in [3.8, 4) is 5.75 Å². The van der Waals surface area contributed by atoms with Crippen molar-refractivity contribution in [1.82, 2.24) is 4.90 Å². The maximum atomic E-state index is 12.6. The van der Waals surface area contributed by atoms with Crippen LogP contribution in [0.15, 0.2) is 66.7 Å². The fraction of sp³-hybridized carbons (Fsp3) is 0.182. The van der Waals surface area contributed by atoms with Gasteiger partial charge in [-0.1, -0.05) is 42.5 Å². The molecule has 5 nitrogen and oxygen atoms in total. The highest BCUT2D eigenvalue weighted by atomic mass is 16.5. The first-order chi connectivity index (χ1) is 13.1. The van der Waals surface area contributed by atoms with Gasteiger partial charge in [-0.25, -0.2) is 0 Å². The van der Waals surface area contributed by atoms with Gasteiger partial charge in [0.25, 0.3) is 0 Å². The zero-order valence-corrected chi connectivity index (χ0v) is 15.4. The van der Waals surface area contributed by atoms with Gasteiger partial charge in [0.2, 0.25) is 11.8 Å². The maximum Gasteiger partial charge on any atom is 0.243 e. The Morgan fingerprint density at radius 1 is 0.963 bits per heavy atom. The van der Waals surface area contributed by atoms with E-state index in [1.54, 1.807) is 38.4 Å². The molecule has 0 unspecified atom stereocenters. The van der Waals surface area contributed by atoms with Gasteiger partial charge in [0.05, 0.1) is 20.1 Å². The van der Waals surface area contributed by atoms with E-state index in [9.17, 15) is 9.59 Å². The molecule has 0 heterocycles. The lowest BCUT2D eigenvalue weighted by Gasteiger charge is -2.17. The van der Waals surface area contributed by atoms with E-state index in [0.29, 0.717) is 5.69 Å². The normalized spacial score (nSPS) is 10.4. The number of fused-ring (bicyclic) bond motifs is 1. The van der Waals surface area contributed by atoms with Gasteiger partial charge in [0.1, 0.15) is 5.75 Å². The molecule has 0 aromatic heterocycles. The molecule has 27 heavy (non-hydrogen) atoms. The molecule has 0 aliphatic heterocycles. The number of amides is 2. The molecule has 0 radical (unpaired) electrons. The van der Waals surface area contributed by atoms with E-state index in [1.807, 2.05) is 42.5 Å². The number of methoxy groups -OCH3 is 1. The van der Waals surface area contributed by atoms with Crippen LogP contribution in [0.4, 0.5) is 5.69 Å². The number of hydrogen-bond acceptors (Lipinski definition) is 3. The Morgan fingerprint density at radius 3 is 2.41 bits per heavy atom. The molecule has 0 fully saturated rings. The van der Waals surface area contributed by atoms with Crippen molar-refractivity contribution in [2.24, 2.45) is 0 Å². The second-order valence-electron chi connectivity index (χ2n) is 6.34. The summed E-state index contributed by atoms with van der Waals surface area (Å²) >= 11 is 0. The van der Waals surface area contributed by atoms with Crippen molar-refractivity contribution >= 4 is 28.3 Å². The van der Waals surface area contributed by atoms with E-state index in [1.165, 1.54) is 4.90 Å². The van der Waals surface area contributed by atoms with Gasteiger partial charge in [-0.3, -0.25) is 9.59 Å². The first-order valence-electron chi connectivity index (χ1n) is 8.71. The van der Waals surface area contributed by atoms with Gasteiger partial charge in [-0.15, -0.1) is 0 Å². The largest absolute Gasteiger partial charge is 0.497 e. The molecule has 3 aromatic rings. The van der Waals surface area contributed by atoms with Crippen molar-refractivity contribution < 1.29 is 14.3 Å². The number of nitrogens with one attached hydrogen (secondary N) is 1. The smallest absolute Gasteiger partial charge is 0.243 e. The molecular formula is C22H22N2O3. The van der Waals surface area contributed by atoms with E-state index in [-0.39, 0.29) is 24.8 Å². The summed E-state index contributed by atoms with van der Waals surface area (Å²) in [6, 6.07) is 20.9. The molecule has 0 spiro atoms. The summed E-state index contributed by atoms with van der Waals surface area (Å²) in [5, 5.41) is 4.94. The van der Waals surface area contributed by atoms with Crippen LogP contribution in [0.1, 0.15) is 5.56 Å². The molecule has 1 N–H and O–H groups in total. The van der Waals surface area contributed by atoms with Gasteiger partial charge in [-0.2, -0.15) is 0 Å². The Labute approximate surface area is 158 Å². The van der Waals surface area contributed by atoms with E-state index < -0.39 is 0 Å². The molecule has 0 saturated carbocycles. The summed E-state index contributed by atoms with van der Waals surface area (Å²) in [5.41, 5.74) is 1.62. The molecule has 2 amide bonds. The molecular weight excluding hydrogens is 340 g/mol. The van der Waals surface area contributed by atoms with Gasteiger partial charge < -0.3 is 15.0 Å². The lowest BCUT2D eigenvalue weighted by atomic mass is 10.0. The fourth-order valence-electron chi connectivity index (χ4n) is 2.92. The Morgan fingerprint density at radius 2 is 1.67 bits per heavy atom. The summed E-state index contributed by atoms with van der Waals surface area (Å²) in [5.74, 6) is 0.376. The number of benzene rings is 3. The minimum absolute atomic E-state index is 0.00434. The molecule has 0 atom stereocenters. The molecule has 138 valence electrons. The van der Waals surface area contributed by atoms with Gasteiger partial charge in [-0.05, 0) is 40.6 Å². The zero-order chi connectivity index (χ0) is 19.2. The minimum Gasteiger partial charge on any atom is -0.497 e. The van der Waals surface area contributed by atoms with Crippen molar-refractivity contribution in [3.63, 3.8) is 0 Å². The van der Waals surface area contributed by atoms with E-state index in [4.69, 9.17) is 4.74 Å². The molecule has 0 bridgehead atoms. The zero-order valence-electron chi connectivity index (χ0n) is 15.4. The lowest BCUT2D eigenvalue weighted by molar-refractivity contribution is -0.132. The maximum absolute atomic E-state index is 12.6. The van der Waals surface area contributed by atoms with Gasteiger partial charge >= 0.3 is 0 Å². The third-order valence-corrected chi connectivity index (χ3v) is 4.40. The van der Waals surface area contributed by atoms with Gasteiger partial charge in [0.15, 0.2) is 0 Å². The number of ether oxygens (including phenoxy) is 1. The van der Waals surface area contributed by atoms with Crippen molar-refractivity contribution in [1.29, 1.82) is 0 Å². The first kappa shape index (κ1) is 18.5. The number of carbonyl (C=O) groups is 2. The van der Waals surface area contributed by atoms with Crippen LogP contribution in [0.2, 0.25) is 0 Å². The third kappa shape index (κ3) is 4.64. The van der Waals surface area contributed by atoms with Crippen LogP contribution in [0.25, 0.3) is 10.8 Å². The number of hydrogen-bond donors (Lipinski definition) is 1. The summed E-state index contributed by atoms with van der Waals surface area (Å²) in [7, 11) is 3.23. The van der Waals surface area contributed by atoms with Crippen LogP contribution in [0, 0.1) is 0 Å². The highest BCUT2D eigenvalue weighted by Gasteiger charge is 2.15. The number of anilines is 1. The predicted octanol–water partition coefficient (Wildman–Crippen LogP) is 3.49. The predicted molar refractivity (Wildman–Crippen MR) is 107 cm³/mol. The molecule has 5 heteroatoms. The van der Waals surface area contributed by atoms with E-state index in [2.05, 4.69) is 5.32 Å². The summed E-state index contributed by atoms with van der Waals surface area (Å²) in [6.07, 6.45) is 0.258. The highest BCUT2D eigenvalue weighted by molar-refractivity contribution is 5.95. The van der Waals surface area contributed by atoms with Crippen LogP contribution in [0.5, 0.6) is 5.75 Å². The Balaban J connectivity index is 1.60. The molecule has 0 aliphatic carbocycles. The van der Waals surface area contributed by atoms with Crippen LogP contribution >= 0.6 is 0 Å². The van der Waals surface area contributed by atoms with E-state index >= 15 is 0 Å². The average molecular weight is 362 g/mol. The van der Waals surface area contributed by atoms with E-state index in [0.717, 1.165) is 22.1 Å². The first-order valence-corrected chi connectivity index (χ1v) is 8.71. The fourth-order valence-corrected chi connectivity index (χ4v) is 2.92. The van der Waals surface area contributed by atoms with Crippen molar-refractivity contribution in [2.75, 3.05) is 26.0 Å². The van der Waals surface area contributed by atoms with Crippen molar-refractivity contribution in [2.45, 2.75) is 6.42 Å². The molecule has 0 saturated heterocycles. The number of likely N-dealkylation sites (N-methyl/N-ethyl adjacent to an activating group) is 1. The minimum atomic E-state index is -0.242. The van der Waals surface area contributed by atoms with Gasteiger partial charge in [0, 0.05) is 12.7 Å². The SMILES string of the molecule is COc1ccc(NC(=O)CN(C)C(=O)Cc2cccc3ccccc23)cc1. The number of nitrogens with zero attached hydrogens (tertiary/aromatic N) is 1. The number of carbonyl (C=O) groups excluding carboxylic acids is 2. The summed E-state index contributed by atoms with van der Waals surface area (Å²) < 4.78 is 5.09. The monoisotopic (exact) mass is 362 g/mol. The van der Waals surface area contributed by atoms with Crippen molar-refractivity contribution in [3.05, 3.63) is 72.3 Å². The van der Waals surface area contributed by atoms with Crippen LogP contribution in [-0.2, 0) is 16.0 Å². The summed E-state index contributed by atoms with van der Waals surface area (Å²) in [6.45, 7) is -0.00434. The Bertz CT molecular complexity index is 946. The summed E-state index contributed by atoms with van der Waals surface area (Å²) in [4.78, 5) is 26.2. The molecule has 3 aromatic carbocycles. The third-order valence-electron chi connectivity index (χ3n) is 4.40.